The summed E-state index contributed by atoms with van der Waals surface area (Å²) in [5.41, 5.74) is 6.79. The minimum absolute atomic E-state index is 0.0361. The number of aliphatic hydroxyl groups excluding tert-OH is 1. The number of halogens is 3. The second-order valence-corrected chi connectivity index (χ2v) is 9.17. The number of benzene rings is 3. The summed E-state index contributed by atoms with van der Waals surface area (Å²) in [5, 5.41) is 18.5. The topological polar surface area (TPSA) is 88.5 Å². The Kier molecular flexibility index (Phi) is 7.79. The normalized spacial score (nSPS) is 17.2. The number of nitriles is 1. The van der Waals surface area contributed by atoms with Crippen molar-refractivity contribution >= 4 is 11.6 Å². The number of aliphatic hydroxyl groups is 1. The van der Waals surface area contributed by atoms with Gasteiger partial charge in [-0.25, -0.2) is 8.78 Å². The van der Waals surface area contributed by atoms with E-state index >= 15 is 8.78 Å². The Bertz CT molecular complexity index is 1300. The Morgan fingerprint density at radius 2 is 1.97 bits per heavy atom. The molecule has 4 rings (SSSR count). The lowest BCUT2D eigenvalue weighted by Gasteiger charge is -2.35. The molecule has 1 heterocycles. The highest BCUT2D eigenvalue weighted by Gasteiger charge is 2.48. The van der Waals surface area contributed by atoms with E-state index < -0.39 is 23.3 Å². The third-order valence-corrected chi connectivity index (χ3v) is 6.94. The molecule has 36 heavy (non-hydrogen) atoms. The van der Waals surface area contributed by atoms with Gasteiger partial charge in [-0.3, -0.25) is 0 Å². The van der Waals surface area contributed by atoms with Crippen molar-refractivity contribution in [2.24, 2.45) is 5.73 Å². The van der Waals surface area contributed by atoms with E-state index in [-0.39, 0.29) is 52.8 Å². The molecule has 0 saturated heterocycles. The van der Waals surface area contributed by atoms with Gasteiger partial charge in [-0.1, -0.05) is 61.7 Å². The van der Waals surface area contributed by atoms with Crippen LogP contribution in [-0.4, -0.2) is 24.4 Å². The second kappa shape index (κ2) is 10.8. The van der Waals surface area contributed by atoms with Gasteiger partial charge in [0.2, 0.25) is 0 Å². The molecule has 0 spiro atoms. The summed E-state index contributed by atoms with van der Waals surface area (Å²) in [6, 6.07) is 14.8. The molecule has 0 fully saturated rings. The molecule has 1 unspecified atom stereocenters. The predicted octanol–water partition coefficient (Wildman–Crippen LogP) is 5.88. The number of ether oxygens (including phenoxy) is 2. The molecular weight excluding hydrogens is 486 g/mol. The van der Waals surface area contributed by atoms with Crippen molar-refractivity contribution in [3.63, 3.8) is 0 Å². The summed E-state index contributed by atoms with van der Waals surface area (Å²) in [6.07, 6.45) is 2.68. The van der Waals surface area contributed by atoms with Gasteiger partial charge in [0, 0.05) is 35.2 Å². The highest BCUT2D eigenvalue weighted by Crippen LogP contribution is 2.51. The zero-order chi connectivity index (χ0) is 25.9. The molecule has 1 aliphatic heterocycles. The van der Waals surface area contributed by atoms with E-state index in [9.17, 15) is 5.26 Å². The van der Waals surface area contributed by atoms with Crippen molar-refractivity contribution in [3.8, 4) is 28.7 Å². The van der Waals surface area contributed by atoms with Crippen LogP contribution in [0, 0.1) is 23.0 Å². The van der Waals surface area contributed by atoms with Crippen molar-refractivity contribution in [2.45, 2.75) is 44.2 Å². The van der Waals surface area contributed by atoms with Crippen LogP contribution >= 0.6 is 11.6 Å². The number of rotatable bonds is 9. The van der Waals surface area contributed by atoms with Crippen molar-refractivity contribution in [2.75, 3.05) is 13.2 Å². The average molecular weight is 513 g/mol. The van der Waals surface area contributed by atoms with Gasteiger partial charge in [0.25, 0.3) is 0 Å². The zero-order valence-corrected chi connectivity index (χ0v) is 20.6. The fourth-order valence-corrected chi connectivity index (χ4v) is 5.05. The first kappa shape index (κ1) is 25.9. The van der Waals surface area contributed by atoms with E-state index in [0.717, 1.165) is 18.4 Å². The van der Waals surface area contributed by atoms with Gasteiger partial charge in [-0.15, -0.1) is 0 Å². The van der Waals surface area contributed by atoms with Gasteiger partial charge in [0.05, 0.1) is 23.3 Å². The molecule has 3 aromatic rings. The summed E-state index contributed by atoms with van der Waals surface area (Å²) in [5.74, 6) is -1.65. The van der Waals surface area contributed by atoms with Gasteiger partial charge in [0.15, 0.2) is 17.2 Å². The van der Waals surface area contributed by atoms with Crippen molar-refractivity contribution in [1.29, 1.82) is 5.26 Å². The average Bonchev–Trinajstić information content (AvgIpc) is 3.28. The molecule has 0 bridgehead atoms. The first-order chi connectivity index (χ1) is 17.4. The maximum Gasteiger partial charge on any atom is 0.174 e. The fourth-order valence-electron chi connectivity index (χ4n) is 4.78. The van der Waals surface area contributed by atoms with Gasteiger partial charge in [-0.2, -0.15) is 5.26 Å². The van der Waals surface area contributed by atoms with Crippen LogP contribution in [0.1, 0.15) is 42.9 Å². The van der Waals surface area contributed by atoms with E-state index in [1.165, 1.54) is 18.2 Å². The summed E-state index contributed by atoms with van der Waals surface area (Å²) >= 11 is 6.45. The Morgan fingerprint density at radius 1 is 1.22 bits per heavy atom. The molecule has 0 saturated carbocycles. The van der Waals surface area contributed by atoms with Crippen LogP contribution in [0.5, 0.6) is 11.5 Å². The lowest BCUT2D eigenvalue weighted by molar-refractivity contribution is 0.0576. The van der Waals surface area contributed by atoms with E-state index in [0.29, 0.717) is 12.0 Å². The number of hydrogen-bond donors (Lipinski definition) is 2. The minimum atomic E-state index is -1.03. The molecule has 2 atom stereocenters. The third-order valence-electron chi connectivity index (χ3n) is 6.57. The molecule has 3 aromatic carbocycles. The van der Waals surface area contributed by atoms with Gasteiger partial charge >= 0.3 is 0 Å². The van der Waals surface area contributed by atoms with Crippen LogP contribution in [0.3, 0.4) is 0 Å². The summed E-state index contributed by atoms with van der Waals surface area (Å²) in [4.78, 5) is 0. The highest BCUT2D eigenvalue weighted by atomic mass is 35.5. The van der Waals surface area contributed by atoms with Crippen molar-refractivity contribution < 1.29 is 23.4 Å². The molecule has 0 radical (unpaired) electrons. The standard InChI is InChI=1S/C28H27ClF2N2O3/c1-2-3-9-23(33)28(18-7-5-4-6-8-18)15-19-22(36-28)14-20(30)26(29)25(19)24-17(16-32)10-11-21(27(24)31)35-13-12-34/h4-8,10-11,14,23,34H,2-3,9,12-13,15,33H2,1H3/t23-,28?/m0/s1. The monoisotopic (exact) mass is 512 g/mol. The van der Waals surface area contributed by atoms with Crippen LogP contribution in [0.2, 0.25) is 5.02 Å². The zero-order valence-electron chi connectivity index (χ0n) is 19.9. The van der Waals surface area contributed by atoms with Gasteiger partial charge < -0.3 is 20.3 Å². The number of fused-ring (bicyclic) bond motifs is 1. The molecule has 8 heteroatoms. The van der Waals surface area contributed by atoms with Crippen molar-refractivity contribution in [3.05, 3.63) is 81.9 Å². The smallest absolute Gasteiger partial charge is 0.174 e. The Balaban J connectivity index is 1.94. The lowest BCUT2D eigenvalue weighted by atomic mass is 9.79. The molecule has 188 valence electrons. The number of nitrogens with zero attached hydrogens (tertiary/aromatic N) is 1. The molecule has 0 amide bonds. The van der Waals surface area contributed by atoms with Crippen LogP contribution < -0.4 is 15.2 Å². The van der Waals surface area contributed by atoms with E-state index in [4.69, 9.17) is 31.9 Å². The number of unbranched alkanes of at least 4 members (excludes halogenated alkanes) is 1. The molecule has 0 aromatic heterocycles. The summed E-state index contributed by atoms with van der Waals surface area (Å²) in [6.45, 7) is 1.59. The Labute approximate surface area is 214 Å². The Hall–Kier alpha value is -3.18. The predicted molar refractivity (Wildman–Crippen MR) is 134 cm³/mol. The molecular formula is C28H27ClF2N2O3. The Morgan fingerprint density at radius 3 is 2.64 bits per heavy atom. The van der Waals surface area contributed by atoms with Crippen LogP contribution in [0.15, 0.2) is 48.5 Å². The van der Waals surface area contributed by atoms with Crippen LogP contribution in [0.25, 0.3) is 11.1 Å². The maximum atomic E-state index is 15.7. The molecule has 0 aliphatic carbocycles. The summed E-state index contributed by atoms with van der Waals surface area (Å²) < 4.78 is 42.6. The first-order valence-corrected chi connectivity index (χ1v) is 12.2. The number of nitrogens with two attached hydrogens (primary N) is 1. The minimum Gasteiger partial charge on any atom is -0.488 e. The molecule has 3 N–H and O–H groups in total. The fraction of sp³-hybridized carbons (Fsp3) is 0.321. The second-order valence-electron chi connectivity index (χ2n) is 8.79. The maximum absolute atomic E-state index is 15.7. The molecule has 5 nitrogen and oxygen atoms in total. The lowest BCUT2D eigenvalue weighted by Crippen LogP contribution is -2.49. The first-order valence-electron chi connectivity index (χ1n) is 11.9. The SMILES string of the molecule is CCCC[C@H](N)C1(c2ccccc2)Cc2c(cc(F)c(Cl)c2-c2c(C#N)ccc(OCCO)c2F)O1. The van der Waals surface area contributed by atoms with Gasteiger partial charge in [0.1, 0.15) is 18.2 Å². The molecule has 1 aliphatic rings. The summed E-state index contributed by atoms with van der Waals surface area (Å²) in [7, 11) is 0. The third kappa shape index (κ3) is 4.53. The van der Waals surface area contributed by atoms with Crippen LogP contribution in [0.4, 0.5) is 8.78 Å². The highest BCUT2D eigenvalue weighted by molar-refractivity contribution is 6.34. The largest absolute Gasteiger partial charge is 0.488 e. The van der Waals surface area contributed by atoms with Crippen LogP contribution in [-0.2, 0) is 12.0 Å². The number of hydrogen-bond acceptors (Lipinski definition) is 5. The van der Waals surface area contributed by atoms with Crippen molar-refractivity contribution in [1.82, 2.24) is 0 Å². The quantitative estimate of drug-likeness (QED) is 0.374. The van der Waals surface area contributed by atoms with E-state index in [1.54, 1.807) is 0 Å². The van der Waals surface area contributed by atoms with E-state index in [2.05, 4.69) is 6.92 Å². The van der Waals surface area contributed by atoms with E-state index in [1.807, 2.05) is 36.4 Å². The van der Waals surface area contributed by atoms with Gasteiger partial charge in [-0.05, 0) is 24.1 Å².